The maximum atomic E-state index is 11.8. The molecular formula is C120H100O12. The fourth-order valence-corrected chi connectivity index (χ4v) is 21.3. The lowest BCUT2D eigenvalue weighted by Crippen LogP contribution is -2.30. The van der Waals surface area contributed by atoms with Gasteiger partial charge in [0, 0.05) is 89.6 Å². The van der Waals surface area contributed by atoms with Crippen LogP contribution >= 0.6 is 0 Å². The Balaban J connectivity index is 0.000000159. The van der Waals surface area contributed by atoms with E-state index in [0.29, 0.717) is 68.2 Å². The molecule has 652 valence electrons. The van der Waals surface area contributed by atoms with Crippen molar-refractivity contribution < 1.29 is 59.8 Å². The number of rotatable bonds is 6. The maximum absolute atomic E-state index is 11.8. The highest BCUT2D eigenvalue weighted by Crippen LogP contribution is 2.66. The minimum absolute atomic E-state index is 0.0851. The number of aromatic hydroxyl groups is 8. The predicted octanol–water partition coefficient (Wildman–Crippen LogP) is 31.5. The van der Waals surface area contributed by atoms with Gasteiger partial charge in [0.1, 0.15) is 92.0 Å². The average Bonchev–Trinajstić information content (AvgIpc) is 0.713. The van der Waals surface area contributed by atoms with E-state index < -0.39 is 21.7 Å². The van der Waals surface area contributed by atoms with E-state index in [1.165, 1.54) is 0 Å². The Bertz CT molecular complexity index is 7170. The molecule has 0 saturated heterocycles. The number of hydrogen-bond acceptors (Lipinski definition) is 12. The van der Waals surface area contributed by atoms with Gasteiger partial charge in [0.15, 0.2) is 0 Å². The van der Waals surface area contributed by atoms with Crippen LogP contribution in [0.4, 0.5) is 0 Å². The Morgan fingerprint density at radius 1 is 0.167 bits per heavy atom. The van der Waals surface area contributed by atoms with E-state index in [1.807, 2.05) is 263 Å². The standard InChI is InChI=1S/2C56H38O6.4C2H6/c1-55(51-39-15-7-3-11-35(39)43(57)27-47(51)61-48-28-44(58)36-12-4-8-16-40(36)52(48)55)33-23-19-31(20-24-33)32-21-25-34(26-22-32)56(2)53-41-17-9-5-13-37(41)45(59)29-49(53)62-50-30-46(60)38-14-6-10-18-42(38)54(50)56;1-55(47-43(57)27-33-11-3-7-15-39(33)51(47)61-52-40-16-8-4-12-34(40)28-44(58)48(52)55)37-23-19-31(20-24-37)32-21-25-38(26-22-32)56(2)49-45(59)29-35-13-5-9-17-41(35)53(49)62-54-42-18-10-6-14-36(42)30-46(60)50(54)56;4*1-2/h2*3-30,57-60H,1-2H3;4*1-2H3. The summed E-state index contributed by atoms with van der Waals surface area (Å²) in [7, 11) is 0. The Kier molecular flexibility index (Phi) is 21.6. The summed E-state index contributed by atoms with van der Waals surface area (Å²) in [6, 6.07) is 111. The van der Waals surface area contributed by atoms with Crippen molar-refractivity contribution in [2.75, 3.05) is 0 Å². The van der Waals surface area contributed by atoms with Crippen molar-refractivity contribution in [2.24, 2.45) is 0 Å². The maximum Gasteiger partial charge on any atom is 0.143 e. The van der Waals surface area contributed by atoms with Gasteiger partial charge in [-0.15, -0.1) is 0 Å². The first kappa shape index (κ1) is 85.5. The molecule has 132 heavy (non-hydrogen) atoms. The Morgan fingerprint density at radius 3 is 0.530 bits per heavy atom. The minimum atomic E-state index is -1.01. The average molecular weight is 1730 g/mol. The topological polar surface area (TPSA) is 199 Å². The second kappa shape index (κ2) is 33.3. The molecular weight excluding hydrogens is 1630 g/mol. The number of hydrogen-bond donors (Lipinski definition) is 8. The van der Waals surface area contributed by atoms with E-state index in [-0.39, 0.29) is 46.0 Å². The van der Waals surface area contributed by atoms with Crippen molar-refractivity contribution in [1.29, 1.82) is 0 Å². The fourth-order valence-electron chi connectivity index (χ4n) is 21.3. The van der Waals surface area contributed by atoms with Crippen molar-refractivity contribution in [3.8, 4) is 114 Å². The second-order valence-electron chi connectivity index (χ2n) is 33.8. The molecule has 0 fully saturated rings. The zero-order chi connectivity index (χ0) is 92.1. The van der Waals surface area contributed by atoms with Gasteiger partial charge >= 0.3 is 0 Å². The summed E-state index contributed by atoms with van der Waals surface area (Å²) in [6.45, 7) is 24.5. The summed E-state index contributed by atoms with van der Waals surface area (Å²) in [5, 5.41) is 105. The van der Waals surface area contributed by atoms with E-state index in [1.54, 1.807) is 48.5 Å². The summed E-state index contributed by atoms with van der Waals surface area (Å²) in [5.74, 6) is 5.30. The minimum Gasteiger partial charge on any atom is -0.507 e. The van der Waals surface area contributed by atoms with Crippen LogP contribution in [0.3, 0.4) is 0 Å². The quantitative estimate of drug-likeness (QED) is 0.0785. The Morgan fingerprint density at radius 2 is 0.333 bits per heavy atom. The zero-order valence-corrected chi connectivity index (χ0v) is 75.5. The third-order valence-corrected chi connectivity index (χ3v) is 27.2. The van der Waals surface area contributed by atoms with Gasteiger partial charge in [-0.3, -0.25) is 0 Å². The SMILES string of the molecule is CC.CC.CC.CC.CC1(c2ccc(-c3ccc(C4(C)c5c(O)cc6ccccc6c5Oc5c4c(O)cc4ccccc54)cc3)cc2)c2c(O)cc3ccccc3c2Oc2c1c(O)cc1ccccc21.CC1(c2ccc(-c3ccc(C4(C)c5c(cc(O)c6ccccc56)Oc5cc(O)c6ccccc6c54)cc3)cc2)c2c(cc(O)c3ccccc23)Oc2cc(O)c3ccccc3c21. The molecule has 0 unspecified atom stereocenters. The fraction of sp³-hybridized carbons (Fsp3) is 0.133. The van der Waals surface area contributed by atoms with Crippen molar-refractivity contribution in [3.63, 3.8) is 0 Å². The van der Waals surface area contributed by atoms with Crippen LogP contribution in [0.5, 0.6) is 92.0 Å². The molecule has 4 heterocycles. The van der Waals surface area contributed by atoms with Crippen LogP contribution in [-0.2, 0) is 21.7 Å². The molecule has 0 bridgehead atoms. The van der Waals surface area contributed by atoms with E-state index in [4.69, 9.17) is 18.9 Å². The van der Waals surface area contributed by atoms with Crippen LogP contribution in [0.25, 0.3) is 108 Å². The van der Waals surface area contributed by atoms with E-state index in [9.17, 15) is 40.9 Å². The normalized spacial score (nSPS) is 13.7. The number of phenolic OH excluding ortho intramolecular Hbond substituents is 8. The molecule has 24 rings (SSSR count). The molecule has 0 radical (unpaired) electrons. The molecule has 8 N–H and O–H groups in total. The lowest BCUT2D eigenvalue weighted by molar-refractivity contribution is 0.389. The van der Waals surface area contributed by atoms with Crippen LogP contribution in [0, 0.1) is 0 Å². The van der Waals surface area contributed by atoms with Crippen molar-refractivity contribution in [1.82, 2.24) is 0 Å². The summed E-state index contributed by atoms with van der Waals surface area (Å²) in [6.07, 6.45) is 0. The number of ether oxygens (including phenoxy) is 4. The summed E-state index contributed by atoms with van der Waals surface area (Å²) in [5.41, 5.74) is 10.4. The third kappa shape index (κ3) is 12.9. The molecule has 4 aliphatic rings. The van der Waals surface area contributed by atoms with Crippen LogP contribution in [0.2, 0.25) is 0 Å². The molecule has 20 aromatic rings. The first-order chi connectivity index (χ1) is 64.3. The molecule has 4 aliphatic heterocycles. The highest BCUT2D eigenvalue weighted by atomic mass is 16.5. The summed E-state index contributed by atoms with van der Waals surface area (Å²) < 4.78 is 26.7. The summed E-state index contributed by atoms with van der Waals surface area (Å²) in [4.78, 5) is 0. The molecule has 0 aromatic heterocycles. The zero-order valence-electron chi connectivity index (χ0n) is 75.5. The highest BCUT2D eigenvalue weighted by molar-refractivity contribution is 6.05. The van der Waals surface area contributed by atoms with Crippen molar-refractivity contribution in [2.45, 2.75) is 105 Å². The monoisotopic (exact) mass is 1730 g/mol. The first-order valence-corrected chi connectivity index (χ1v) is 45.4. The second-order valence-corrected chi connectivity index (χ2v) is 33.8. The van der Waals surface area contributed by atoms with Gasteiger partial charge in [-0.25, -0.2) is 0 Å². The van der Waals surface area contributed by atoms with E-state index in [2.05, 4.69) is 111 Å². The first-order valence-electron chi connectivity index (χ1n) is 45.4. The van der Waals surface area contributed by atoms with Gasteiger partial charge in [0.05, 0.1) is 43.9 Å². The smallest absolute Gasteiger partial charge is 0.143 e. The van der Waals surface area contributed by atoms with Crippen LogP contribution in [0.1, 0.15) is 150 Å². The predicted molar refractivity (Wildman–Crippen MR) is 537 cm³/mol. The van der Waals surface area contributed by atoms with Gasteiger partial charge in [-0.1, -0.05) is 347 Å². The van der Waals surface area contributed by atoms with Gasteiger partial charge < -0.3 is 59.8 Å². The van der Waals surface area contributed by atoms with Gasteiger partial charge in [0.2, 0.25) is 0 Å². The van der Waals surface area contributed by atoms with Gasteiger partial charge in [-0.2, -0.15) is 0 Å². The number of fused-ring (bicyclic) bond motifs is 24. The third-order valence-electron chi connectivity index (χ3n) is 27.2. The highest BCUT2D eigenvalue weighted by Gasteiger charge is 2.50. The van der Waals surface area contributed by atoms with Crippen molar-refractivity contribution in [3.05, 3.63) is 406 Å². The molecule has 12 nitrogen and oxygen atoms in total. The molecule has 0 amide bonds. The Labute approximate surface area is 766 Å². The summed E-state index contributed by atoms with van der Waals surface area (Å²) >= 11 is 0. The molecule has 0 aliphatic carbocycles. The van der Waals surface area contributed by atoms with E-state index >= 15 is 0 Å². The Hall–Kier alpha value is -15.9. The lowest BCUT2D eigenvalue weighted by Gasteiger charge is -2.40. The van der Waals surface area contributed by atoms with Crippen LogP contribution in [-0.4, -0.2) is 40.9 Å². The van der Waals surface area contributed by atoms with E-state index in [0.717, 1.165) is 153 Å². The molecule has 0 spiro atoms. The largest absolute Gasteiger partial charge is 0.507 e. The number of benzene rings is 20. The van der Waals surface area contributed by atoms with Gasteiger partial charge in [0.25, 0.3) is 0 Å². The molecule has 12 heteroatoms. The molecule has 20 aromatic carbocycles. The lowest BCUT2D eigenvalue weighted by atomic mass is 9.66. The molecule has 0 atom stereocenters. The van der Waals surface area contributed by atoms with Gasteiger partial charge in [-0.05, 0) is 140 Å². The van der Waals surface area contributed by atoms with Crippen molar-refractivity contribution >= 4 is 86.2 Å². The van der Waals surface area contributed by atoms with Crippen LogP contribution in [0.15, 0.2) is 340 Å². The van der Waals surface area contributed by atoms with Crippen LogP contribution < -0.4 is 18.9 Å². The molecule has 0 saturated carbocycles. The number of phenols is 8.